The van der Waals surface area contributed by atoms with Gasteiger partial charge in [-0.1, -0.05) is 48.4 Å². The number of aliphatic hydroxyl groups is 1. The summed E-state index contributed by atoms with van der Waals surface area (Å²) in [6, 6.07) is 18.8. The molecule has 1 atom stereocenters. The largest absolute Gasteiger partial charge is 0.444 e. The average molecular weight is 502 g/mol. The third-order valence-corrected chi connectivity index (χ3v) is 5.41. The van der Waals surface area contributed by atoms with Gasteiger partial charge < -0.3 is 25.4 Å². The molecule has 3 amide bonds. The van der Waals surface area contributed by atoms with Crippen molar-refractivity contribution < 1.29 is 24.2 Å². The van der Waals surface area contributed by atoms with Gasteiger partial charge in [-0.3, -0.25) is 9.59 Å². The Labute approximate surface area is 216 Å². The molecule has 3 rings (SSSR count). The van der Waals surface area contributed by atoms with Gasteiger partial charge in [-0.05, 0) is 61.4 Å². The highest BCUT2D eigenvalue weighted by Crippen LogP contribution is 2.25. The van der Waals surface area contributed by atoms with E-state index in [-0.39, 0.29) is 13.2 Å². The second-order valence-electron chi connectivity index (χ2n) is 9.39. The van der Waals surface area contributed by atoms with Crippen molar-refractivity contribution in [1.82, 2.24) is 10.2 Å². The third kappa shape index (κ3) is 7.56. The molecule has 0 heterocycles. The molecule has 8 nitrogen and oxygen atoms in total. The summed E-state index contributed by atoms with van der Waals surface area (Å²) >= 11 is 0. The predicted molar refractivity (Wildman–Crippen MR) is 143 cm³/mol. The number of amides is 3. The maximum Gasteiger partial charge on any atom is 0.408 e. The molecule has 0 aliphatic rings. The minimum Gasteiger partial charge on any atom is -0.444 e. The number of aliphatic hydroxyl groups excluding tert-OH is 1. The maximum atomic E-state index is 13.6. The molecule has 0 aromatic heterocycles. The minimum atomic E-state index is -1.10. The van der Waals surface area contributed by atoms with E-state index in [2.05, 4.69) is 16.6 Å². The first-order chi connectivity index (χ1) is 17.6. The van der Waals surface area contributed by atoms with E-state index in [1.165, 1.54) is 4.90 Å². The highest BCUT2D eigenvalue weighted by atomic mass is 16.6. The molecule has 0 aliphatic carbocycles. The zero-order valence-corrected chi connectivity index (χ0v) is 21.2. The van der Waals surface area contributed by atoms with Gasteiger partial charge in [0, 0.05) is 17.8 Å². The van der Waals surface area contributed by atoms with Crippen molar-refractivity contribution in [3.8, 4) is 12.3 Å². The summed E-state index contributed by atoms with van der Waals surface area (Å²) in [7, 11) is 0. The van der Waals surface area contributed by atoms with Crippen LogP contribution in [-0.4, -0.2) is 53.2 Å². The van der Waals surface area contributed by atoms with E-state index in [1.807, 2.05) is 36.4 Å². The summed E-state index contributed by atoms with van der Waals surface area (Å²) < 4.78 is 5.19. The van der Waals surface area contributed by atoms with E-state index in [9.17, 15) is 19.5 Å². The molecule has 3 aromatic carbocycles. The van der Waals surface area contributed by atoms with Crippen LogP contribution in [0.15, 0.2) is 66.7 Å². The second kappa shape index (κ2) is 12.1. The fourth-order valence-electron chi connectivity index (χ4n) is 3.78. The van der Waals surface area contributed by atoms with Crippen LogP contribution < -0.4 is 10.6 Å². The summed E-state index contributed by atoms with van der Waals surface area (Å²) in [5, 5.41) is 17.0. The summed E-state index contributed by atoms with van der Waals surface area (Å²) in [5.41, 5.74) is 0.927. The van der Waals surface area contributed by atoms with Gasteiger partial charge in [-0.15, -0.1) is 6.42 Å². The lowest BCUT2D eigenvalue weighted by molar-refractivity contribution is -0.138. The van der Waals surface area contributed by atoms with Gasteiger partial charge in [-0.25, -0.2) is 4.79 Å². The first-order valence-electron chi connectivity index (χ1n) is 11.8. The Bertz CT molecular complexity index is 1310. The van der Waals surface area contributed by atoms with E-state index in [0.29, 0.717) is 16.8 Å². The molecule has 0 aliphatic heterocycles. The first-order valence-corrected chi connectivity index (χ1v) is 11.8. The average Bonchev–Trinajstić information content (AvgIpc) is 2.86. The molecule has 0 spiro atoms. The Morgan fingerprint density at radius 2 is 1.70 bits per heavy atom. The number of anilines is 1. The van der Waals surface area contributed by atoms with E-state index < -0.39 is 36.1 Å². The number of hydrogen-bond donors (Lipinski definition) is 3. The number of rotatable bonds is 8. The number of alkyl carbamates (subject to hydrolysis) is 1. The Kier molecular flexibility index (Phi) is 8.88. The lowest BCUT2D eigenvalue weighted by Gasteiger charge is -2.31. The second-order valence-corrected chi connectivity index (χ2v) is 9.39. The first kappa shape index (κ1) is 27.2. The summed E-state index contributed by atoms with van der Waals surface area (Å²) in [6.45, 7) is 4.18. The summed E-state index contributed by atoms with van der Waals surface area (Å²) in [5.74, 6) is 1.47. The summed E-state index contributed by atoms with van der Waals surface area (Å²) in [4.78, 5) is 40.1. The Morgan fingerprint density at radius 1 is 1.03 bits per heavy atom. The number of carbonyl (C=O) groups is 3. The lowest BCUT2D eigenvalue weighted by atomic mass is 10.0. The van der Waals surface area contributed by atoms with Gasteiger partial charge in [0.15, 0.2) is 0 Å². The number of terminal acetylenes is 1. The van der Waals surface area contributed by atoms with Crippen LogP contribution >= 0.6 is 0 Å². The van der Waals surface area contributed by atoms with Crippen LogP contribution in [0.2, 0.25) is 0 Å². The topological polar surface area (TPSA) is 108 Å². The van der Waals surface area contributed by atoms with E-state index >= 15 is 0 Å². The molecule has 37 heavy (non-hydrogen) atoms. The van der Waals surface area contributed by atoms with Gasteiger partial charge in [0.25, 0.3) is 5.91 Å². The van der Waals surface area contributed by atoms with Crippen LogP contribution in [0.4, 0.5) is 10.5 Å². The van der Waals surface area contributed by atoms with E-state index in [4.69, 9.17) is 11.2 Å². The Morgan fingerprint density at radius 3 is 2.32 bits per heavy atom. The van der Waals surface area contributed by atoms with Crippen LogP contribution in [0.1, 0.15) is 37.9 Å². The molecule has 0 saturated heterocycles. The summed E-state index contributed by atoms with van der Waals surface area (Å²) in [6.07, 6.45) is 4.71. The highest BCUT2D eigenvalue weighted by molar-refractivity contribution is 6.00. The highest BCUT2D eigenvalue weighted by Gasteiger charge is 2.31. The zero-order valence-electron chi connectivity index (χ0n) is 21.2. The molecule has 8 heteroatoms. The number of carbonyl (C=O) groups excluding carboxylic acids is 3. The maximum absolute atomic E-state index is 13.6. The van der Waals surface area contributed by atoms with Crippen molar-refractivity contribution >= 4 is 34.4 Å². The third-order valence-electron chi connectivity index (χ3n) is 5.41. The fourth-order valence-corrected chi connectivity index (χ4v) is 3.78. The van der Waals surface area contributed by atoms with Crippen molar-refractivity contribution in [3.05, 3.63) is 77.9 Å². The van der Waals surface area contributed by atoms with Gasteiger partial charge in [0.05, 0.1) is 6.61 Å². The van der Waals surface area contributed by atoms with Crippen LogP contribution in [0.3, 0.4) is 0 Å². The molecule has 0 saturated carbocycles. The fraction of sp³-hybridized carbons (Fsp3) is 0.276. The predicted octanol–water partition coefficient (Wildman–Crippen LogP) is 3.85. The number of hydrogen-bond acceptors (Lipinski definition) is 5. The minimum absolute atomic E-state index is 0.137. The van der Waals surface area contributed by atoms with Crippen molar-refractivity contribution in [1.29, 1.82) is 0 Å². The monoisotopic (exact) mass is 501 g/mol. The van der Waals surface area contributed by atoms with Crippen LogP contribution in [-0.2, 0) is 14.3 Å². The number of nitrogens with one attached hydrogen (secondary N) is 2. The van der Waals surface area contributed by atoms with Gasteiger partial charge in [0.2, 0.25) is 5.91 Å². The number of fused-ring (bicyclic) bond motifs is 1. The Hall–Kier alpha value is -4.35. The van der Waals surface area contributed by atoms with Crippen molar-refractivity contribution in [2.45, 2.75) is 32.4 Å². The molecule has 0 fully saturated rings. The number of ether oxygens (including phenoxy) is 1. The Balaban J connectivity index is 1.89. The van der Waals surface area contributed by atoms with Crippen LogP contribution in [0, 0.1) is 12.3 Å². The van der Waals surface area contributed by atoms with Crippen molar-refractivity contribution in [2.75, 3.05) is 25.0 Å². The standard InChI is InChI=1S/C29H31N3O5/c1-5-20-10-12-22(13-11-20)26(27(35)31-24-15-14-21-8-6-7-9-23(21)18-24)32(16-17-33)25(34)19-30-28(36)37-29(2,3)4/h1,6-15,18,26,33H,16-17,19H2,2-4H3,(H,30,36)(H,31,35). The molecule has 3 N–H and O–H groups in total. The van der Waals surface area contributed by atoms with E-state index in [1.54, 1.807) is 51.1 Å². The van der Waals surface area contributed by atoms with Gasteiger partial charge >= 0.3 is 6.09 Å². The lowest BCUT2D eigenvalue weighted by Crippen LogP contribution is -2.47. The number of nitrogens with zero attached hydrogens (tertiary/aromatic N) is 1. The zero-order chi connectivity index (χ0) is 27.0. The quantitative estimate of drug-likeness (QED) is 0.407. The van der Waals surface area contributed by atoms with Crippen LogP contribution in [0.5, 0.6) is 0 Å². The molecular weight excluding hydrogens is 470 g/mol. The normalized spacial score (nSPS) is 11.8. The van der Waals surface area contributed by atoms with E-state index in [0.717, 1.165) is 10.8 Å². The molecule has 0 radical (unpaired) electrons. The molecule has 3 aromatic rings. The smallest absolute Gasteiger partial charge is 0.408 e. The van der Waals surface area contributed by atoms with Gasteiger partial charge in [0.1, 0.15) is 18.2 Å². The number of benzene rings is 3. The SMILES string of the molecule is C#Cc1ccc(C(C(=O)Nc2ccc3ccccc3c2)N(CCO)C(=O)CNC(=O)OC(C)(C)C)cc1. The molecular formula is C29H31N3O5. The van der Waals surface area contributed by atoms with Crippen molar-refractivity contribution in [3.63, 3.8) is 0 Å². The molecule has 1 unspecified atom stereocenters. The molecule has 0 bridgehead atoms. The van der Waals surface area contributed by atoms with Crippen molar-refractivity contribution in [2.24, 2.45) is 0 Å². The van der Waals surface area contributed by atoms with Gasteiger partial charge in [-0.2, -0.15) is 0 Å². The van der Waals surface area contributed by atoms with Crippen LogP contribution in [0.25, 0.3) is 10.8 Å². The molecule has 192 valence electrons.